The first-order valence-electron chi connectivity index (χ1n) is 5.91. The molecule has 0 amide bonds. The Hall–Kier alpha value is -2.00. The molecule has 0 unspecified atom stereocenters. The van der Waals surface area contributed by atoms with Gasteiger partial charge in [0.1, 0.15) is 5.69 Å². The fourth-order valence-corrected chi connectivity index (χ4v) is 3.09. The molecule has 0 aliphatic carbocycles. The summed E-state index contributed by atoms with van der Waals surface area (Å²) >= 11 is 1.49. The van der Waals surface area contributed by atoms with E-state index in [0.717, 1.165) is 22.2 Å². The summed E-state index contributed by atoms with van der Waals surface area (Å²) in [4.78, 5) is 15.4. The number of hydrogen-bond acceptors (Lipinski definition) is 7. The molecular formula is C12H13N3O4S2. The van der Waals surface area contributed by atoms with Crippen molar-refractivity contribution in [3.8, 4) is 0 Å². The largest absolute Gasteiger partial charge is 0.375 e. The molecule has 0 saturated carbocycles. The van der Waals surface area contributed by atoms with Gasteiger partial charge in [0, 0.05) is 23.4 Å². The molecule has 2 aromatic rings. The number of benzene rings is 1. The maximum atomic E-state index is 11.5. The van der Waals surface area contributed by atoms with Gasteiger partial charge < -0.3 is 5.32 Å². The molecular weight excluding hydrogens is 314 g/mol. The number of aromatic nitrogens is 1. The summed E-state index contributed by atoms with van der Waals surface area (Å²) in [5.41, 5.74) is 0.0117. The van der Waals surface area contributed by atoms with Crippen LogP contribution in [0.25, 0.3) is 0 Å². The Morgan fingerprint density at radius 1 is 1.43 bits per heavy atom. The van der Waals surface area contributed by atoms with Crippen molar-refractivity contribution in [2.75, 3.05) is 11.6 Å². The molecule has 1 N–H and O–H groups in total. The fourth-order valence-electron chi connectivity index (χ4n) is 1.71. The van der Waals surface area contributed by atoms with E-state index in [-0.39, 0.29) is 16.3 Å². The predicted octanol–water partition coefficient (Wildman–Crippen LogP) is 2.38. The SMILES string of the molecule is Cc1ncc(CNc2ccc(S(C)(=O)=O)cc2[N+](=O)[O-])s1. The van der Waals surface area contributed by atoms with Gasteiger partial charge in [-0.1, -0.05) is 0 Å². The van der Waals surface area contributed by atoms with E-state index in [1.54, 1.807) is 6.20 Å². The van der Waals surface area contributed by atoms with Gasteiger partial charge in [-0.25, -0.2) is 13.4 Å². The molecule has 1 heterocycles. The number of sulfone groups is 1. The van der Waals surface area contributed by atoms with E-state index in [1.165, 1.54) is 23.5 Å². The Bertz CT molecular complexity index is 784. The third kappa shape index (κ3) is 3.76. The lowest BCUT2D eigenvalue weighted by Gasteiger charge is -2.07. The highest BCUT2D eigenvalue weighted by Gasteiger charge is 2.18. The van der Waals surface area contributed by atoms with Crippen LogP contribution in [0.4, 0.5) is 11.4 Å². The van der Waals surface area contributed by atoms with Crippen molar-refractivity contribution < 1.29 is 13.3 Å². The molecule has 0 spiro atoms. The lowest BCUT2D eigenvalue weighted by molar-refractivity contribution is -0.384. The van der Waals surface area contributed by atoms with Gasteiger partial charge in [-0.05, 0) is 19.1 Å². The van der Waals surface area contributed by atoms with Gasteiger partial charge in [-0.3, -0.25) is 10.1 Å². The molecule has 0 aliphatic heterocycles. The number of nitrogens with zero attached hydrogens (tertiary/aromatic N) is 2. The van der Waals surface area contributed by atoms with Crippen LogP contribution in [0.3, 0.4) is 0 Å². The zero-order chi connectivity index (χ0) is 15.6. The number of hydrogen-bond donors (Lipinski definition) is 1. The molecule has 2 rings (SSSR count). The van der Waals surface area contributed by atoms with Crippen LogP contribution in [-0.4, -0.2) is 24.6 Å². The first kappa shape index (κ1) is 15.4. The third-order valence-corrected chi connectivity index (χ3v) is 4.74. The van der Waals surface area contributed by atoms with E-state index in [9.17, 15) is 18.5 Å². The summed E-state index contributed by atoms with van der Waals surface area (Å²) in [6, 6.07) is 3.82. The van der Waals surface area contributed by atoms with Crippen molar-refractivity contribution in [3.63, 3.8) is 0 Å². The molecule has 0 radical (unpaired) electrons. The molecule has 9 heteroatoms. The molecule has 21 heavy (non-hydrogen) atoms. The summed E-state index contributed by atoms with van der Waals surface area (Å²) in [5, 5.41) is 14.9. The minimum absolute atomic E-state index is 0.0756. The number of nitro benzene ring substituents is 1. The normalized spacial score (nSPS) is 11.3. The minimum atomic E-state index is -3.48. The highest BCUT2D eigenvalue weighted by Crippen LogP contribution is 2.28. The summed E-state index contributed by atoms with van der Waals surface area (Å²) in [6.45, 7) is 2.27. The van der Waals surface area contributed by atoms with E-state index in [4.69, 9.17) is 0 Å². The van der Waals surface area contributed by atoms with Crippen LogP contribution in [0.5, 0.6) is 0 Å². The highest BCUT2D eigenvalue weighted by molar-refractivity contribution is 7.90. The summed E-state index contributed by atoms with van der Waals surface area (Å²) in [5.74, 6) is 0. The molecule has 112 valence electrons. The Morgan fingerprint density at radius 3 is 2.67 bits per heavy atom. The van der Waals surface area contributed by atoms with Gasteiger partial charge in [0.25, 0.3) is 5.69 Å². The lowest BCUT2D eigenvalue weighted by Crippen LogP contribution is -2.04. The fraction of sp³-hybridized carbons (Fsp3) is 0.250. The minimum Gasteiger partial charge on any atom is -0.375 e. The van der Waals surface area contributed by atoms with Crippen LogP contribution >= 0.6 is 11.3 Å². The van der Waals surface area contributed by atoms with E-state index < -0.39 is 14.8 Å². The monoisotopic (exact) mass is 327 g/mol. The van der Waals surface area contributed by atoms with Crippen LogP contribution in [0.2, 0.25) is 0 Å². The molecule has 0 bridgehead atoms. The predicted molar refractivity (Wildman–Crippen MR) is 80.4 cm³/mol. The van der Waals surface area contributed by atoms with E-state index in [2.05, 4.69) is 10.3 Å². The maximum absolute atomic E-state index is 11.5. The number of nitro groups is 1. The summed E-state index contributed by atoms with van der Waals surface area (Å²) < 4.78 is 22.9. The number of thiazole rings is 1. The van der Waals surface area contributed by atoms with Crippen LogP contribution < -0.4 is 5.32 Å². The van der Waals surface area contributed by atoms with Crippen molar-refractivity contribution in [1.82, 2.24) is 4.98 Å². The average molecular weight is 327 g/mol. The average Bonchev–Trinajstić information content (AvgIpc) is 2.80. The molecule has 0 atom stereocenters. The Balaban J connectivity index is 2.28. The third-order valence-electron chi connectivity index (χ3n) is 2.72. The quantitative estimate of drug-likeness (QED) is 0.668. The van der Waals surface area contributed by atoms with Crippen LogP contribution in [0.1, 0.15) is 9.88 Å². The second kappa shape index (κ2) is 5.78. The molecule has 1 aromatic carbocycles. The Morgan fingerprint density at radius 2 is 2.14 bits per heavy atom. The van der Waals surface area contributed by atoms with E-state index in [0.29, 0.717) is 6.54 Å². The van der Waals surface area contributed by atoms with Crippen molar-refractivity contribution in [3.05, 3.63) is 44.4 Å². The number of rotatable bonds is 5. The van der Waals surface area contributed by atoms with Crippen molar-refractivity contribution in [2.24, 2.45) is 0 Å². The van der Waals surface area contributed by atoms with Gasteiger partial charge >= 0.3 is 0 Å². The van der Waals surface area contributed by atoms with Crippen molar-refractivity contribution in [2.45, 2.75) is 18.4 Å². The van der Waals surface area contributed by atoms with Crippen LogP contribution in [-0.2, 0) is 16.4 Å². The first-order valence-corrected chi connectivity index (χ1v) is 8.62. The summed E-state index contributed by atoms with van der Waals surface area (Å²) in [6.07, 6.45) is 2.71. The number of aryl methyl sites for hydroxylation is 1. The number of anilines is 1. The van der Waals surface area contributed by atoms with Crippen molar-refractivity contribution in [1.29, 1.82) is 0 Å². The molecule has 0 fully saturated rings. The standard InChI is InChI=1S/C12H13N3O4S2/c1-8-13-6-9(20-8)7-14-11-4-3-10(21(2,18)19)5-12(11)15(16)17/h3-6,14H,7H2,1-2H3. The van der Waals surface area contributed by atoms with Gasteiger partial charge in [0.2, 0.25) is 0 Å². The maximum Gasteiger partial charge on any atom is 0.293 e. The molecule has 7 nitrogen and oxygen atoms in total. The van der Waals surface area contributed by atoms with E-state index in [1.807, 2.05) is 6.92 Å². The summed E-state index contributed by atoms with van der Waals surface area (Å²) in [7, 11) is -3.48. The van der Waals surface area contributed by atoms with E-state index >= 15 is 0 Å². The first-order chi connectivity index (χ1) is 9.77. The molecule has 1 aromatic heterocycles. The zero-order valence-electron chi connectivity index (χ0n) is 11.4. The smallest absolute Gasteiger partial charge is 0.293 e. The van der Waals surface area contributed by atoms with Crippen molar-refractivity contribution >= 4 is 32.5 Å². The molecule has 0 saturated heterocycles. The second-order valence-electron chi connectivity index (χ2n) is 4.41. The van der Waals surface area contributed by atoms with Gasteiger partial charge in [0.05, 0.1) is 21.4 Å². The number of nitrogens with one attached hydrogen (secondary N) is 1. The molecule has 0 aliphatic rings. The van der Waals surface area contributed by atoms with Gasteiger partial charge in [-0.2, -0.15) is 0 Å². The Kier molecular flexibility index (Phi) is 4.24. The van der Waals surface area contributed by atoms with Crippen LogP contribution in [0.15, 0.2) is 29.3 Å². The van der Waals surface area contributed by atoms with Gasteiger partial charge in [-0.15, -0.1) is 11.3 Å². The Labute approximate surface area is 125 Å². The topological polar surface area (TPSA) is 102 Å². The second-order valence-corrected chi connectivity index (χ2v) is 7.74. The van der Waals surface area contributed by atoms with Gasteiger partial charge in [0.15, 0.2) is 9.84 Å². The van der Waals surface area contributed by atoms with Crippen LogP contribution in [0, 0.1) is 17.0 Å². The zero-order valence-corrected chi connectivity index (χ0v) is 13.0. The lowest BCUT2D eigenvalue weighted by atomic mass is 10.2. The highest BCUT2D eigenvalue weighted by atomic mass is 32.2.